The second kappa shape index (κ2) is 4.58. The summed E-state index contributed by atoms with van der Waals surface area (Å²) in [4.78, 5) is 0. The lowest BCUT2D eigenvalue weighted by molar-refractivity contribution is 0.592. The third-order valence-electron chi connectivity index (χ3n) is 4.13. The lowest BCUT2D eigenvalue weighted by Gasteiger charge is -2.18. The van der Waals surface area contributed by atoms with Gasteiger partial charge < -0.3 is 5.32 Å². The third kappa shape index (κ3) is 1.75. The summed E-state index contributed by atoms with van der Waals surface area (Å²) in [5.41, 5.74) is 5.86. The fourth-order valence-electron chi connectivity index (χ4n) is 3.12. The summed E-state index contributed by atoms with van der Waals surface area (Å²) in [6.07, 6.45) is 1.08. The molecule has 0 saturated carbocycles. The second-order valence-electron chi connectivity index (χ2n) is 5.09. The maximum Gasteiger partial charge on any atom is 0.0361 e. The first-order valence-electron chi connectivity index (χ1n) is 6.65. The van der Waals surface area contributed by atoms with Crippen LogP contribution >= 0.6 is 0 Å². The predicted octanol–water partition coefficient (Wildman–Crippen LogP) is 3.66. The van der Waals surface area contributed by atoms with Gasteiger partial charge in [0.2, 0.25) is 0 Å². The van der Waals surface area contributed by atoms with Gasteiger partial charge in [0.05, 0.1) is 0 Å². The van der Waals surface area contributed by atoms with Gasteiger partial charge in [-0.25, -0.2) is 0 Å². The quantitative estimate of drug-likeness (QED) is 0.798. The van der Waals surface area contributed by atoms with Crippen molar-refractivity contribution in [1.29, 1.82) is 0 Å². The SMILES string of the molecule is CN[C@@H]1Cc2ccccc2[C@@H](C)c2ccccc21. The third-order valence-corrected chi connectivity index (χ3v) is 4.13. The van der Waals surface area contributed by atoms with E-state index in [-0.39, 0.29) is 0 Å². The standard InChI is InChI=1S/C17H19N/c1-12-14-8-4-3-7-13(14)11-17(18-2)16-10-6-5-9-15(12)16/h3-10,12,17-18H,11H2,1-2H3/t12-,17-/m1/s1. The smallest absolute Gasteiger partial charge is 0.0361 e. The summed E-state index contributed by atoms with van der Waals surface area (Å²) < 4.78 is 0. The van der Waals surface area contributed by atoms with E-state index in [1.807, 2.05) is 0 Å². The van der Waals surface area contributed by atoms with Crippen LogP contribution in [-0.2, 0) is 6.42 Å². The van der Waals surface area contributed by atoms with Gasteiger partial charge in [-0.05, 0) is 35.7 Å². The molecule has 0 radical (unpaired) electrons. The van der Waals surface area contributed by atoms with Crippen molar-refractivity contribution < 1.29 is 0 Å². The topological polar surface area (TPSA) is 12.0 Å². The predicted molar refractivity (Wildman–Crippen MR) is 75.9 cm³/mol. The average molecular weight is 237 g/mol. The van der Waals surface area contributed by atoms with Gasteiger partial charge in [0.15, 0.2) is 0 Å². The molecule has 0 bridgehead atoms. The molecule has 0 unspecified atom stereocenters. The van der Waals surface area contributed by atoms with Gasteiger partial charge in [-0.2, -0.15) is 0 Å². The molecule has 1 nitrogen and oxygen atoms in total. The minimum absolute atomic E-state index is 0.423. The highest BCUT2D eigenvalue weighted by Crippen LogP contribution is 2.37. The Labute approximate surface area is 109 Å². The molecule has 0 saturated heterocycles. The van der Waals surface area contributed by atoms with E-state index >= 15 is 0 Å². The molecule has 3 rings (SSSR count). The van der Waals surface area contributed by atoms with Gasteiger partial charge in [-0.3, -0.25) is 0 Å². The first-order valence-corrected chi connectivity index (χ1v) is 6.65. The Bertz CT molecular complexity index is 559. The molecule has 1 aliphatic rings. The first kappa shape index (κ1) is 11.5. The molecule has 0 spiro atoms. The van der Waals surface area contributed by atoms with Gasteiger partial charge in [0.1, 0.15) is 0 Å². The number of nitrogens with one attached hydrogen (secondary N) is 1. The highest BCUT2D eigenvalue weighted by Gasteiger charge is 2.24. The van der Waals surface area contributed by atoms with Gasteiger partial charge >= 0.3 is 0 Å². The molecular formula is C17H19N. The molecule has 1 N–H and O–H groups in total. The van der Waals surface area contributed by atoms with Crippen LogP contribution in [0.3, 0.4) is 0 Å². The van der Waals surface area contributed by atoms with Crippen LogP contribution in [0, 0.1) is 0 Å². The van der Waals surface area contributed by atoms with Crippen molar-refractivity contribution in [2.75, 3.05) is 7.05 Å². The molecule has 0 amide bonds. The van der Waals surface area contributed by atoms with Crippen molar-refractivity contribution in [2.45, 2.75) is 25.3 Å². The van der Waals surface area contributed by atoms with E-state index in [0.717, 1.165) is 6.42 Å². The molecule has 2 aromatic carbocycles. The van der Waals surface area contributed by atoms with Crippen LogP contribution in [0.5, 0.6) is 0 Å². The molecule has 1 heteroatoms. The molecule has 0 aliphatic heterocycles. The Balaban J connectivity index is 2.21. The fraction of sp³-hybridized carbons (Fsp3) is 0.294. The van der Waals surface area contributed by atoms with Crippen LogP contribution in [0.4, 0.5) is 0 Å². The molecule has 0 fully saturated rings. The summed E-state index contributed by atoms with van der Waals surface area (Å²) in [7, 11) is 2.06. The Kier molecular flexibility index (Phi) is 2.92. The van der Waals surface area contributed by atoms with Crippen LogP contribution in [0.25, 0.3) is 0 Å². The van der Waals surface area contributed by atoms with E-state index in [4.69, 9.17) is 0 Å². The Morgan fingerprint density at radius 2 is 1.50 bits per heavy atom. The number of likely N-dealkylation sites (N-methyl/N-ethyl adjacent to an activating group) is 1. The summed E-state index contributed by atoms with van der Waals surface area (Å²) >= 11 is 0. The summed E-state index contributed by atoms with van der Waals surface area (Å²) in [6.45, 7) is 2.32. The average Bonchev–Trinajstić information content (AvgIpc) is 2.55. The van der Waals surface area contributed by atoms with Crippen LogP contribution in [0.2, 0.25) is 0 Å². The summed E-state index contributed by atoms with van der Waals surface area (Å²) in [5.74, 6) is 0.482. The van der Waals surface area contributed by atoms with Crippen molar-refractivity contribution >= 4 is 0 Å². The van der Waals surface area contributed by atoms with Crippen molar-refractivity contribution in [1.82, 2.24) is 5.32 Å². The van der Waals surface area contributed by atoms with Crippen molar-refractivity contribution in [3.8, 4) is 0 Å². The normalized spacial score (nSPS) is 21.9. The van der Waals surface area contributed by atoms with E-state index in [1.165, 1.54) is 22.3 Å². The number of fused-ring (bicyclic) bond motifs is 2. The first-order chi connectivity index (χ1) is 8.81. The van der Waals surface area contributed by atoms with Crippen molar-refractivity contribution in [3.63, 3.8) is 0 Å². The highest BCUT2D eigenvalue weighted by atomic mass is 14.9. The molecule has 92 valence electrons. The lowest BCUT2D eigenvalue weighted by atomic mass is 9.89. The second-order valence-corrected chi connectivity index (χ2v) is 5.09. The number of benzene rings is 2. The molecule has 2 atom stereocenters. The highest BCUT2D eigenvalue weighted by molar-refractivity contribution is 5.45. The van der Waals surface area contributed by atoms with E-state index in [1.54, 1.807) is 0 Å². The molecule has 18 heavy (non-hydrogen) atoms. The monoisotopic (exact) mass is 237 g/mol. The van der Waals surface area contributed by atoms with Gasteiger partial charge in [0.25, 0.3) is 0 Å². The Morgan fingerprint density at radius 1 is 0.889 bits per heavy atom. The Hall–Kier alpha value is -1.60. The molecular weight excluding hydrogens is 218 g/mol. The molecule has 2 aromatic rings. The van der Waals surface area contributed by atoms with Crippen molar-refractivity contribution in [3.05, 3.63) is 70.8 Å². The maximum atomic E-state index is 3.46. The van der Waals surface area contributed by atoms with E-state index in [0.29, 0.717) is 12.0 Å². The zero-order valence-corrected chi connectivity index (χ0v) is 11.0. The van der Waals surface area contributed by atoms with E-state index in [2.05, 4.69) is 67.8 Å². The van der Waals surface area contributed by atoms with Gasteiger partial charge in [-0.15, -0.1) is 0 Å². The largest absolute Gasteiger partial charge is 0.313 e. The molecule has 1 aliphatic carbocycles. The minimum Gasteiger partial charge on any atom is -0.313 e. The van der Waals surface area contributed by atoms with Gasteiger partial charge in [-0.1, -0.05) is 55.5 Å². The van der Waals surface area contributed by atoms with E-state index < -0.39 is 0 Å². The minimum atomic E-state index is 0.423. The lowest BCUT2D eigenvalue weighted by Crippen LogP contribution is -2.19. The number of hydrogen-bond donors (Lipinski definition) is 1. The van der Waals surface area contributed by atoms with Crippen molar-refractivity contribution in [2.24, 2.45) is 0 Å². The maximum absolute atomic E-state index is 3.46. The zero-order chi connectivity index (χ0) is 12.5. The fourth-order valence-corrected chi connectivity index (χ4v) is 3.12. The molecule has 0 heterocycles. The number of hydrogen-bond acceptors (Lipinski definition) is 1. The van der Waals surface area contributed by atoms with Crippen LogP contribution in [0.15, 0.2) is 48.5 Å². The van der Waals surface area contributed by atoms with Crippen LogP contribution in [-0.4, -0.2) is 7.05 Å². The summed E-state index contributed by atoms with van der Waals surface area (Å²) in [5, 5.41) is 3.46. The zero-order valence-electron chi connectivity index (χ0n) is 11.0. The number of rotatable bonds is 1. The van der Waals surface area contributed by atoms with Crippen LogP contribution in [0.1, 0.15) is 41.1 Å². The van der Waals surface area contributed by atoms with Crippen LogP contribution < -0.4 is 5.32 Å². The Morgan fingerprint density at radius 3 is 2.22 bits per heavy atom. The molecule has 0 aromatic heterocycles. The van der Waals surface area contributed by atoms with Gasteiger partial charge in [0, 0.05) is 12.0 Å². The summed E-state index contributed by atoms with van der Waals surface area (Å²) in [6, 6.07) is 18.1. The van der Waals surface area contributed by atoms with E-state index in [9.17, 15) is 0 Å².